The fraction of sp³-hybridized carbons (Fsp3) is 0.125. The zero-order valence-electron chi connectivity index (χ0n) is 10.9. The molecule has 108 valence electrons. The van der Waals surface area contributed by atoms with Crippen molar-refractivity contribution in [1.82, 2.24) is 0 Å². The molecule has 2 nitrogen and oxygen atoms in total. The SMILES string of the molecule is OCC#Cc1cc(COc2cc(F)cc(F)c2)ccc1F. The number of halogens is 3. The third kappa shape index (κ3) is 4.26. The molecular formula is C16H11F3O2. The van der Waals surface area contributed by atoms with E-state index in [0.29, 0.717) is 5.56 Å². The monoisotopic (exact) mass is 292 g/mol. The molecule has 0 fully saturated rings. The first-order valence-corrected chi connectivity index (χ1v) is 6.05. The summed E-state index contributed by atoms with van der Waals surface area (Å²) >= 11 is 0. The van der Waals surface area contributed by atoms with Crippen molar-refractivity contribution in [2.24, 2.45) is 0 Å². The van der Waals surface area contributed by atoms with E-state index < -0.39 is 17.5 Å². The largest absolute Gasteiger partial charge is 0.489 e. The van der Waals surface area contributed by atoms with Crippen molar-refractivity contribution >= 4 is 0 Å². The topological polar surface area (TPSA) is 29.5 Å². The van der Waals surface area contributed by atoms with E-state index in [2.05, 4.69) is 11.8 Å². The van der Waals surface area contributed by atoms with Crippen LogP contribution in [0.1, 0.15) is 11.1 Å². The second-order valence-electron chi connectivity index (χ2n) is 4.17. The quantitative estimate of drug-likeness (QED) is 0.881. The first kappa shape index (κ1) is 14.9. The summed E-state index contributed by atoms with van der Waals surface area (Å²) in [6.45, 7) is -0.361. The maximum Gasteiger partial charge on any atom is 0.138 e. The van der Waals surface area contributed by atoms with Gasteiger partial charge in [-0.15, -0.1) is 0 Å². The van der Waals surface area contributed by atoms with Crippen LogP contribution in [0.2, 0.25) is 0 Å². The smallest absolute Gasteiger partial charge is 0.138 e. The van der Waals surface area contributed by atoms with Gasteiger partial charge < -0.3 is 9.84 Å². The van der Waals surface area contributed by atoms with Gasteiger partial charge in [0.2, 0.25) is 0 Å². The van der Waals surface area contributed by atoms with E-state index in [0.717, 1.165) is 18.2 Å². The van der Waals surface area contributed by atoms with E-state index >= 15 is 0 Å². The van der Waals surface area contributed by atoms with Gasteiger partial charge in [-0.1, -0.05) is 17.9 Å². The minimum atomic E-state index is -0.737. The van der Waals surface area contributed by atoms with Crippen LogP contribution in [-0.2, 0) is 6.61 Å². The Balaban J connectivity index is 2.13. The molecular weight excluding hydrogens is 281 g/mol. The Kier molecular flexibility index (Phi) is 4.85. The van der Waals surface area contributed by atoms with Crippen LogP contribution in [-0.4, -0.2) is 11.7 Å². The van der Waals surface area contributed by atoms with Crippen LogP contribution in [0.25, 0.3) is 0 Å². The molecule has 1 N–H and O–H groups in total. The van der Waals surface area contributed by atoms with E-state index in [4.69, 9.17) is 9.84 Å². The molecule has 0 saturated heterocycles. The second-order valence-corrected chi connectivity index (χ2v) is 4.17. The van der Waals surface area contributed by atoms with Gasteiger partial charge in [0.1, 0.15) is 36.4 Å². The molecule has 2 aromatic carbocycles. The van der Waals surface area contributed by atoms with Crippen LogP contribution in [0.15, 0.2) is 36.4 Å². The summed E-state index contributed by atoms with van der Waals surface area (Å²) < 4.78 is 44.7. The van der Waals surface area contributed by atoms with Crippen molar-refractivity contribution in [3.63, 3.8) is 0 Å². The minimum Gasteiger partial charge on any atom is -0.489 e. The van der Waals surface area contributed by atoms with Crippen molar-refractivity contribution in [2.45, 2.75) is 6.61 Å². The fourth-order valence-electron chi connectivity index (χ4n) is 1.67. The van der Waals surface area contributed by atoms with Crippen molar-refractivity contribution in [3.8, 4) is 17.6 Å². The molecule has 0 aromatic heterocycles. The van der Waals surface area contributed by atoms with E-state index in [1.54, 1.807) is 0 Å². The summed E-state index contributed by atoms with van der Waals surface area (Å²) in [5, 5.41) is 8.60. The molecule has 0 unspecified atom stereocenters. The second kappa shape index (κ2) is 6.82. The number of aliphatic hydroxyl groups is 1. The van der Waals surface area contributed by atoms with Crippen molar-refractivity contribution in [1.29, 1.82) is 0 Å². The lowest BCUT2D eigenvalue weighted by molar-refractivity contribution is 0.302. The highest BCUT2D eigenvalue weighted by atomic mass is 19.1. The van der Waals surface area contributed by atoms with Crippen molar-refractivity contribution in [3.05, 3.63) is 65.0 Å². The van der Waals surface area contributed by atoms with Crippen LogP contribution in [0, 0.1) is 29.3 Å². The van der Waals surface area contributed by atoms with Gasteiger partial charge in [0, 0.05) is 18.2 Å². The minimum absolute atomic E-state index is 0.0109. The van der Waals surface area contributed by atoms with Gasteiger partial charge in [0.25, 0.3) is 0 Å². The van der Waals surface area contributed by atoms with Crippen molar-refractivity contribution in [2.75, 3.05) is 6.61 Å². The van der Waals surface area contributed by atoms with Gasteiger partial charge >= 0.3 is 0 Å². The van der Waals surface area contributed by atoms with Gasteiger partial charge in [-0.2, -0.15) is 0 Å². The lowest BCUT2D eigenvalue weighted by atomic mass is 10.1. The van der Waals surface area contributed by atoms with Gasteiger partial charge in [-0.25, -0.2) is 13.2 Å². The van der Waals surface area contributed by atoms with Gasteiger partial charge in [0.15, 0.2) is 0 Å². The first-order valence-electron chi connectivity index (χ1n) is 6.05. The molecule has 0 bridgehead atoms. The Hall–Kier alpha value is -2.45. The summed E-state index contributed by atoms with van der Waals surface area (Å²) in [5.74, 6) is 2.87. The summed E-state index contributed by atoms with van der Waals surface area (Å²) in [6.07, 6.45) is 0. The predicted molar refractivity (Wildman–Crippen MR) is 71.1 cm³/mol. The molecule has 0 aliphatic rings. The molecule has 0 amide bonds. The molecule has 5 heteroatoms. The van der Waals surface area contributed by atoms with Gasteiger partial charge in [-0.3, -0.25) is 0 Å². The lowest BCUT2D eigenvalue weighted by Gasteiger charge is -2.07. The first-order chi connectivity index (χ1) is 10.1. The summed E-state index contributed by atoms with van der Waals surface area (Å²) in [4.78, 5) is 0. The number of aliphatic hydroxyl groups excluding tert-OH is 1. The van der Waals surface area contributed by atoms with Crippen LogP contribution < -0.4 is 4.74 Å². The maximum atomic E-state index is 13.4. The summed E-state index contributed by atoms with van der Waals surface area (Å²) in [7, 11) is 0. The average molecular weight is 292 g/mol. The predicted octanol–water partition coefficient (Wildman–Crippen LogP) is 3.03. The number of hydrogen-bond acceptors (Lipinski definition) is 2. The molecule has 21 heavy (non-hydrogen) atoms. The molecule has 0 radical (unpaired) electrons. The normalized spacial score (nSPS) is 9.90. The highest BCUT2D eigenvalue weighted by Crippen LogP contribution is 2.18. The van der Waals surface area contributed by atoms with Crippen LogP contribution in [0.3, 0.4) is 0 Å². The van der Waals surface area contributed by atoms with E-state index in [1.807, 2.05) is 0 Å². The summed E-state index contributed by atoms with van der Waals surface area (Å²) in [5.41, 5.74) is 0.707. The zero-order valence-corrected chi connectivity index (χ0v) is 10.9. The lowest BCUT2D eigenvalue weighted by Crippen LogP contribution is -1.98. The molecule has 0 heterocycles. The standard InChI is InChI=1S/C16H11F3O2/c17-13-7-14(18)9-15(8-13)21-10-11-3-4-16(19)12(6-11)2-1-5-20/h3-4,6-9,20H,5,10H2. The third-order valence-electron chi connectivity index (χ3n) is 2.57. The third-order valence-corrected chi connectivity index (χ3v) is 2.57. The number of ether oxygens (including phenoxy) is 1. The highest BCUT2D eigenvalue weighted by Gasteiger charge is 2.04. The highest BCUT2D eigenvalue weighted by molar-refractivity contribution is 5.38. The van der Waals surface area contributed by atoms with E-state index in [1.165, 1.54) is 18.2 Å². The number of benzene rings is 2. The van der Waals surface area contributed by atoms with Crippen molar-refractivity contribution < 1.29 is 23.0 Å². The molecule has 0 aliphatic heterocycles. The van der Waals surface area contributed by atoms with Crippen LogP contribution >= 0.6 is 0 Å². The Morgan fingerprint density at radius 3 is 2.38 bits per heavy atom. The molecule has 2 aromatic rings. The van der Waals surface area contributed by atoms with Crippen LogP contribution in [0.5, 0.6) is 5.75 Å². The molecule has 0 atom stereocenters. The Morgan fingerprint density at radius 2 is 1.71 bits per heavy atom. The van der Waals surface area contributed by atoms with Gasteiger partial charge in [-0.05, 0) is 17.7 Å². The number of rotatable bonds is 3. The average Bonchev–Trinajstić information content (AvgIpc) is 2.44. The number of hydrogen-bond donors (Lipinski definition) is 1. The Labute approximate surface area is 119 Å². The summed E-state index contributed by atoms with van der Waals surface area (Å²) in [6, 6.07) is 7.00. The maximum absolute atomic E-state index is 13.4. The molecule has 0 saturated carbocycles. The van der Waals surface area contributed by atoms with E-state index in [-0.39, 0.29) is 24.5 Å². The molecule has 2 rings (SSSR count). The Bertz CT molecular complexity index is 682. The van der Waals surface area contributed by atoms with Crippen LogP contribution in [0.4, 0.5) is 13.2 Å². The molecule has 0 spiro atoms. The Morgan fingerprint density at radius 1 is 1.00 bits per heavy atom. The van der Waals surface area contributed by atoms with Gasteiger partial charge in [0.05, 0.1) is 5.56 Å². The fourth-order valence-corrected chi connectivity index (χ4v) is 1.67. The molecule has 0 aliphatic carbocycles. The zero-order chi connectivity index (χ0) is 15.2. The van der Waals surface area contributed by atoms with E-state index in [9.17, 15) is 13.2 Å².